The second-order valence-electron chi connectivity index (χ2n) is 7.92. The smallest absolute Gasteiger partial charge is 0.251 e. The summed E-state index contributed by atoms with van der Waals surface area (Å²) in [6.45, 7) is 9.17. The topological polar surface area (TPSA) is 29.1 Å². The first-order valence-electron chi connectivity index (χ1n) is 7.67. The van der Waals surface area contributed by atoms with Crippen LogP contribution in [0.25, 0.3) is 0 Å². The average Bonchev–Trinajstić information content (AvgIpc) is 2.35. The number of amides is 1. The molecule has 1 amide bonds. The first-order valence-corrected chi connectivity index (χ1v) is 8.20. The van der Waals surface area contributed by atoms with E-state index in [9.17, 15) is 4.79 Å². The first-order chi connectivity index (χ1) is 9.71. The standard InChI is InChI=1S/C18H26ClNO/c1-17(2)9-15(10-18(3,4)12-17)20-16(21)14-7-5-6-13(8-14)11-19/h5-8,15H,9-12H2,1-4H3,(H,20,21). The van der Waals surface area contributed by atoms with Crippen molar-refractivity contribution in [3.8, 4) is 0 Å². The van der Waals surface area contributed by atoms with E-state index in [0.29, 0.717) is 11.4 Å². The van der Waals surface area contributed by atoms with Gasteiger partial charge in [-0.2, -0.15) is 0 Å². The summed E-state index contributed by atoms with van der Waals surface area (Å²) in [6.07, 6.45) is 3.28. The average molecular weight is 308 g/mol. The summed E-state index contributed by atoms with van der Waals surface area (Å²) < 4.78 is 0. The molecule has 1 aromatic rings. The number of carbonyl (C=O) groups is 1. The predicted molar refractivity (Wildman–Crippen MR) is 88.7 cm³/mol. The van der Waals surface area contributed by atoms with Crippen LogP contribution in [0.5, 0.6) is 0 Å². The summed E-state index contributed by atoms with van der Waals surface area (Å²) in [5, 5.41) is 3.22. The number of nitrogens with one attached hydrogen (secondary N) is 1. The van der Waals surface area contributed by atoms with E-state index in [4.69, 9.17) is 11.6 Å². The number of hydrogen-bond donors (Lipinski definition) is 1. The Morgan fingerprint density at radius 1 is 1.24 bits per heavy atom. The van der Waals surface area contributed by atoms with Gasteiger partial charge in [-0.25, -0.2) is 0 Å². The molecule has 3 heteroatoms. The molecular weight excluding hydrogens is 282 g/mol. The fourth-order valence-electron chi connectivity index (χ4n) is 4.01. The number of carbonyl (C=O) groups excluding carboxylic acids is 1. The molecule has 1 aliphatic carbocycles. The minimum Gasteiger partial charge on any atom is -0.349 e. The van der Waals surface area contributed by atoms with Gasteiger partial charge in [0.25, 0.3) is 5.91 Å². The lowest BCUT2D eigenvalue weighted by Gasteiger charge is -2.45. The Bertz CT molecular complexity index is 506. The highest BCUT2D eigenvalue weighted by molar-refractivity contribution is 6.17. The Kier molecular flexibility index (Phi) is 4.67. The monoisotopic (exact) mass is 307 g/mol. The molecule has 0 atom stereocenters. The Labute approximate surface area is 133 Å². The lowest BCUT2D eigenvalue weighted by Crippen LogP contribution is -2.46. The maximum atomic E-state index is 12.4. The number of halogens is 1. The minimum absolute atomic E-state index is 0.0143. The van der Waals surface area contributed by atoms with Crippen molar-refractivity contribution in [2.75, 3.05) is 0 Å². The number of benzene rings is 1. The van der Waals surface area contributed by atoms with Gasteiger partial charge in [0.05, 0.1) is 0 Å². The van der Waals surface area contributed by atoms with Crippen LogP contribution in [-0.4, -0.2) is 11.9 Å². The van der Waals surface area contributed by atoms with Gasteiger partial charge in [-0.3, -0.25) is 4.79 Å². The molecular formula is C18H26ClNO. The van der Waals surface area contributed by atoms with Crippen molar-refractivity contribution in [2.45, 2.75) is 58.9 Å². The van der Waals surface area contributed by atoms with Crippen molar-refractivity contribution in [2.24, 2.45) is 10.8 Å². The van der Waals surface area contributed by atoms with Gasteiger partial charge < -0.3 is 5.32 Å². The van der Waals surface area contributed by atoms with Gasteiger partial charge in [0, 0.05) is 17.5 Å². The first kappa shape index (κ1) is 16.4. The Morgan fingerprint density at radius 2 is 1.86 bits per heavy atom. The second-order valence-corrected chi connectivity index (χ2v) is 8.19. The zero-order valence-corrected chi connectivity index (χ0v) is 14.3. The third-order valence-electron chi connectivity index (χ3n) is 4.23. The van der Waals surface area contributed by atoms with E-state index in [2.05, 4.69) is 33.0 Å². The molecule has 0 aromatic heterocycles. The van der Waals surface area contributed by atoms with Crippen molar-refractivity contribution in [1.29, 1.82) is 0 Å². The molecule has 2 rings (SSSR count). The molecule has 0 aliphatic heterocycles. The summed E-state index contributed by atoms with van der Waals surface area (Å²) in [6, 6.07) is 7.81. The zero-order chi connectivity index (χ0) is 15.7. The lowest BCUT2D eigenvalue weighted by molar-refractivity contribution is 0.0713. The van der Waals surface area contributed by atoms with Crippen LogP contribution in [0.2, 0.25) is 0 Å². The third-order valence-corrected chi connectivity index (χ3v) is 4.54. The molecule has 116 valence electrons. The van der Waals surface area contributed by atoms with E-state index in [1.165, 1.54) is 6.42 Å². The molecule has 1 saturated carbocycles. The van der Waals surface area contributed by atoms with Crippen molar-refractivity contribution < 1.29 is 4.79 Å². The summed E-state index contributed by atoms with van der Waals surface area (Å²) in [5.41, 5.74) is 2.23. The molecule has 1 N–H and O–H groups in total. The van der Waals surface area contributed by atoms with Gasteiger partial charge >= 0.3 is 0 Å². The van der Waals surface area contributed by atoms with Crippen LogP contribution in [-0.2, 0) is 5.88 Å². The van der Waals surface area contributed by atoms with Crippen molar-refractivity contribution >= 4 is 17.5 Å². The van der Waals surface area contributed by atoms with E-state index >= 15 is 0 Å². The van der Waals surface area contributed by atoms with Crippen LogP contribution in [0.1, 0.15) is 62.9 Å². The number of hydrogen-bond acceptors (Lipinski definition) is 1. The molecule has 0 bridgehead atoms. The van der Waals surface area contributed by atoms with Gasteiger partial charge in [-0.15, -0.1) is 11.6 Å². The zero-order valence-electron chi connectivity index (χ0n) is 13.5. The van der Waals surface area contributed by atoms with Crippen molar-refractivity contribution in [3.05, 3.63) is 35.4 Å². The SMILES string of the molecule is CC1(C)CC(NC(=O)c2cccc(CCl)c2)CC(C)(C)C1. The van der Waals surface area contributed by atoms with E-state index in [0.717, 1.165) is 18.4 Å². The molecule has 1 aromatic carbocycles. The van der Waals surface area contributed by atoms with Crippen LogP contribution in [0.4, 0.5) is 0 Å². The van der Waals surface area contributed by atoms with Crippen LogP contribution in [0.15, 0.2) is 24.3 Å². The maximum absolute atomic E-state index is 12.4. The molecule has 0 spiro atoms. The molecule has 2 nitrogen and oxygen atoms in total. The molecule has 1 fully saturated rings. The Balaban J connectivity index is 2.08. The summed E-state index contributed by atoms with van der Waals surface area (Å²) in [5.74, 6) is 0.449. The van der Waals surface area contributed by atoms with Crippen molar-refractivity contribution in [1.82, 2.24) is 5.32 Å². The lowest BCUT2D eigenvalue weighted by atomic mass is 9.63. The molecule has 0 radical (unpaired) electrons. The van der Waals surface area contributed by atoms with E-state index in [1.807, 2.05) is 24.3 Å². The summed E-state index contributed by atoms with van der Waals surface area (Å²) >= 11 is 5.84. The van der Waals surface area contributed by atoms with Crippen LogP contribution in [0, 0.1) is 10.8 Å². The Morgan fingerprint density at radius 3 is 2.43 bits per heavy atom. The van der Waals surface area contributed by atoms with E-state index in [1.54, 1.807) is 0 Å². The molecule has 21 heavy (non-hydrogen) atoms. The quantitative estimate of drug-likeness (QED) is 0.801. The van der Waals surface area contributed by atoms with Gasteiger partial charge in [-0.1, -0.05) is 39.8 Å². The largest absolute Gasteiger partial charge is 0.349 e. The Hall–Kier alpha value is -1.02. The highest BCUT2D eigenvalue weighted by Gasteiger charge is 2.38. The van der Waals surface area contributed by atoms with Crippen LogP contribution < -0.4 is 5.32 Å². The van der Waals surface area contributed by atoms with E-state index < -0.39 is 0 Å². The van der Waals surface area contributed by atoms with Crippen LogP contribution >= 0.6 is 11.6 Å². The van der Waals surface area contributed by atoms with Crippen LogP contribution in [0.3, 0.4) is 0 Å². The minimum atomic E-state index is 0.0143. The third kappa shape index (κ3) is 4.47. The van der Waals surface area contributed by atoms with Gasteiger partial charge in [0.2, 0.25) is 0 Å². The number of alkyl halides is 1. The molecule has 1 aliphatic rings. The fraction of sp³-hybridized carbons (Fsp3) is 0.611. The fourth-order valence-corrected chi connectivity index (χ4v) is 4.18. The van der Waals surface area contributed by atoms with Gasteiger partial charge in [0.1, 0.15) is 0 Å². The molecule has 0 heterocycles. The maximum Gasteiger partial charge on any atom is 0.251 e. The molecule has 0 saturated heterocycles. The summed E-state index contributed by atoms with van der Waals surface area (Å²) in [7, 11) is 0. The van der Waals surface area contributed by atoms with Crippen molar-refractivity contribution in [3.63, 3.8) is 0 Å². The normalized spacial score (nSPS) is 21.0. The number of rotatable bonds is 3. The van der Waals surface area contributed by atoms with Gasteiger partial charge in [0.15, 0.2) is 0 Å². The van der Waals surface area contributed by atoms with Gasteiger partial charge in [-0.05, 0) is 47.8 Å². The predicted octanol–water partition coefficient (Wildman–Crippen LogP) is 4.76. The summed E-state index contributed by atoms with van der Waals surface area (Å²) in [4.78, 5) is 12.4. The highest BCUT2D eigenvalue weighted by Crippen LogP contribution is 2.45. The molecule has 0 unspecified atom stereocenters. The highest BCUT2D eigenvalue weighted by atomic mass is 35.5. The second kappa shape index (κ2) is 6.00. The van der Waals surface area contributed by atoms with E-state index in [-0.39, 0.29) is 22.8 Å².